The van der Waals surface area contributed by atoms with Gasteiger partial charge in [-0.2, -0.15) is 0 Å². The number of rotatable bonds is 5. The summed E-state index contributed by atoms with van der Waals surface area (Å²) in [6.45, 7) is 2.42. The van der Waals surface area contributed by atoms with Crippen LogP contribution in [0.25, 0.3) is 10.4 Å². The fourth-order valence-electron chi connectivity index (χ4n) is 1.25. The molecule has 80 valence electrons. The van der Waals surface area contributed by atoms with E-state index in [0.29, 0.717) is 17.9 Å². The summed E-state index contributed by atoms with van der Waals surface area (Å²) in [6.07, 6.45) is -0.816. The normalized spacial score (nSPS) is 11.6. The zero-order valence-electron chi connectivity index (χ0n) is 8.50. The second-order valence-electron chi connectivity index (χ2n) is 2.90. The van der Waals surface area contributed by atoms with Gasteiger partial charge in [0.2, 0.25) is 0 Å². The van der Waals surface area contributed by atoms with E-state index < -0.39 is 6.10 Å². The summed E-state index contributed by atoms with van der Waals surface area (Å²) in [6, 6.07) is 7.16. The molecule has 5 heteroatoms. The van der Waals surface area contributed by atoms with Crippen molar-refractivity contribution in [1.82, 2.24) is 0 Å². The topological polar surface area (TPSA) is 78.2 Å². The minimum atomic E-state index is -0.816. The number of aliphatic hydroxyl groups excluding tert-OH is 1. The van der Waals surface area contributed by atoms with Crippen molar-refractivity contribution < 1.29 is 9.84 Å². The highest BCUT2D eigenvalue weighted by Gasteiger charge is 2.11. The summed E-state index contributed by atoms with van der Waals surface area (Å²) in [4.78, 5) is 2.60. The summed E-state index contributed by atoms with van der Waals surface area (Å²) < 4.78 is 5.34. The first kappa shape index (κ1) is 11.4. The average Bonchev–Trinajstić information content (AvgIpc) is 2.27. The quantitative estimate of drug-likeness (QED) is 0.457. The highest BCUT2D eigenvalue weighted by molar-refractivity contribution is 5.35. The van der Waals surface area contributed by atoms with Gasteiger partial charge in [0.1, 0.15) is 5.75 Å². The monoisotopic (exact) mass is 207 g/mol. The summed E-state index contributed by atoms with van der Waals surface area (Å²) in [5, 5.41) is 13.0. The zero-order valence-corrected chi connectivity index (χ0v) is 8.50. The molecule has 1 rings (SSSR count). The van der Waals surface area contributed by atoms with Crippen LogP contribution in [0.3, 0.4) is 0 Å². The molecule has 0 heterocycles. The molecule has 0 radical (unpaired) electrons. The van der Waals surface area contributed by atoms with Crippen LogP contribution in [0, 0.1) is 0 Å². The third-order valence-corrected chi connectivity index (χ3v) is 1.90. The second kappa shape index (κ2) is 5.90. The van der Waals surface area contributed by atoms with Gasteiger partial charge in [0.05, 0.1) is 19.3 Å². The lowest BCUT2D eigenvalue weighted by molar-refractivity contribution is 0.180. The highest BCUT2D eigenvalue weighted by atomic mass is 16.5. The Balaban J connectivity index is 2.85. The Morgan fingerprint density at radius 1 is 1.53 bits per heavy atom. The van der Waals surface area contributed by atoms with E-state index in [1.54, 1.807) is 18.2 Å². The number of nitrogens with zero attached hydrogens (tertiary/aromatic N) is 3. The van der Waals surface area contributed by atoms with Crippen molar-refractivity contribution in [3.8, 4) is 5.75 Å². The maximum absolute atomic E-state index is 9.71. The molecule has 1 atom stereocenters. The first-order valence-electron chi connectivity index (χ1n) is 4.70. The van der Waals surface area contributed by atoms with E-state index in [-0.39, 0.29) is 6.54 Å². The first-order valence-corrected chi connectivity index (χ1v) is 4.70. The Hall–Kier alpha value is -1.71. The number of benzene rings is 1. The SMILES string of the molecule is CCOc1ccccc1[C@@H](O)CN=[N+]=[N-]. The van der Waals surface area contributed by atoms with Crippen molar-refractivity contribution in [3.05, 3.63) is 40.3 Å². The third-order valence-electron chi connectivity index (χ3n) is 1.90. The molecule has 0 saturated carbocycles. The molecule has 0 saturated heterocycles. The van der Waals surface area contributed by atoms with Crippen LogP contribution in [0.5, 0.6) is 5.75 Å². The van der Waals surface area contributed by atoms with Crippen molar-refractivity contribution >= 4 is 0 Å². The van der Waals surface area contributed by atoms with E-state index in [1.807, 2.05) is 13.0 Å². The van der Waals surface area contributed by atoms with E-state index in [1.165, 1.54) is 0 Å². The summed E-state index contributed by atoms with van der Waals surface area (Å²) in [5.41, 5.74) is 8.80. The molecule has 15 heavy (non-hydrogen) atoms. The largest absolute Gasteiger partial charge is 0.493 e. The molecule has 0 bridgehead atoms. The first-order chi connectivity index (χ1) is 7.29. The van der Waals surface area contributed by atoms with Gasteiger partial charge in [-0.05, 0) is 18.5 Å². The van der Waals surface area contributed by atoms with Crippen molar-refractivity contribution in [3.63, 3.8) is 0 Å². The predicted octanol–water partition coefficient (Wildman–Crippen LogP) is 2.43. The number of para-hydroxylation sites is 1. The van der Waals surface area contributed by atoms with E-state index >= 15 is 0 Å². The average molecular weight is 207 g/mol. The van der Waals surface area contributed by atoms with Crippen LogP contribution >= 0.6 is 0 Å². The third kappa shape index (κ3) is 3.16. The fraction of sp³-hybridized carbons (Fsp3) is 0.400. The molecule has 0 aliphatic carbocycles. The van der Waals surface area contributed by atoms with Crippen LogP contribution < -0.4 is 4.74 Å². The molecule has 0 unspecified atom stereocenters. The van der Waals surface area contributed by atoms with Gasteiger partial charge in [0, 0.05) is 10.5 Å². The molecule has 0 spiro atoms. The van der Waals surface area contributed by atoms with Crippen molar-refractivity contribution in [2.75, 3.05) is 13.2 Å². The van der Waals surface area contributed by atoms with Gasteiger partial charge in [0.25, 0.3) is 0 Å². The molecule has 1 aromatic carbocycles. The minimum absolute atomic E-state index is 0.0145. The van der Waals surface area contributed by atoms with Crippen molar-refractivity contribution in [2.45, 2.75) is 13.0 Å². The Morgan fingerprint density at radius 3 is 2.93 bits per heavy atom. The maximum atomic E-state index is 9.71. The van der Waals surface area contributed by atoms with Crippen molar-refractivity contribution in [2.24, 2.45) is 5.11 Å². The molecule has 1 aromatic rings. The van der Waals surface area contributed by atoms with Gasteiger partial charge in [-0.1, -0.05) is 23.3 Å². The van der Waals surface area contributed by atoms with Gasteiger partial charge in [0.15, 0.2) is 0 Å². The van der Waals surface area contributed by atoms with E-state index in [9.17, 15) is 5.11 Å². The lowest BCUT2D eigenvalue weighted by Gasteiger charge is -2.13. The lowest BCUT2D eigenvalue weighted by atomic mass is 10.1. The number of hydrogen-bond donors (Lipinski definition) is 1. The summed E-state index contributed by atoms with van der Waals surface area (Å²) in [5.74, 6) is 0.626. The second-order valence-corrected chi connectivity index (χ2v) is 2.90. The molecule has 0 amide bonds. The van der Waals surface area contributed by atoms with Crippen LogP contribution in [0.1, 0.15) is 18.6 Å². The van der Waals surface area contributed by atoms with E-state index in [4.69, 9.17) is 10.3 Å². The van der Waals surface area contributed by atoms with Crippen molar-refractivity contribution in [1.29, 1.82) is 0 Å². The molecule has 0 fully saturated rings. The summed E-state index contributed by atoms with van der Waals surface area (Å²) >= 11 is 0. The minimum Gasteiger partial charge on any atom is -0.493 e. The summed E-state index contributed by atoms with van der Waals surface area (Å²) in [7, 11) is 0. The molecule has 0 aliphatic rings. The maximum Gasteiger partial charge on any atom is 0.125 e. The molecule has 1 N–H and O–H groups in total. The van der Waals surface area contributed by atoms with Gasteiger partial charge in [-0.25, -0.2) is 0 Å². The predicted molar refractivity (Wildman–Crippen MR) is 56.6 cm³/mol. The van der Waals surface area contributed by atoms with Gasteiger partial charge >= 0.3 is 0 Å². The van der Waals surface area contributed by atoms with Gasteiger partial charge in [-0.15, -0.1) is 0 Å². The van der Waals surface area contributed by atoms with Crippen LogP contribution in [-0.4, -0.2) is 18.3 Å². The van der Waals surface area contributed by atoms with Crippen LogP contribution in [0.15, 0.2) is 29.4 Å². The Labute approximate surface area is 87.9 Å². The number of hydrogen-bond acceptors (Lipinski definition) is 3. The molecule has 5 nitrogen and oxygen atoms in total. The van der Waals surface area contributed by atoms with Crippen LogP contribution in [-0.2, 0) is 0 Å². The van der Waals surface area contributed by atoms with E-state index in [2.05, 4.69) is 10.0 Å². The number of aliphatic hydroxyl groups is 1. The molecule has 0 aliphatic heterocycles. The van der Waals surface area contributed by atoms with E-state index in [0.717, 1.165) is 0 Å². The highest BCUT2D eigenvalue weighted by Crippen LogP contribution is 2.25. The molecular formula is C10H13N3O2. The molecule has 0 aromatic heterocycles. The van der Waals surface area contributed by atoms with Gasteiger partial charge in [-0.3, -0.25) is 0 Å². The Morgan fingerprint density at radius 2 is 2.27 bits per heavy atom. The van der Waals surface area contributed by atoms with Crippen LogP contribution in [0.4, 0.5) is 0 Å². The Kier molecular flexibility index (Phi) is 4.47. The number of ether oxygens (including phenoxy) is 1. The molecular weight excluding hydrogens is 194 g/mol. The smallest absolute Gasteiger partial charge is 0.125 e. The lowest BCUT2D eigenvalue weighted by Crippen LogP contribution is -2.04. The standard InChI is InChI=1S/C10H13N3O2/c1-2-15-10-6-4-3-5-8(10)9(14)7-12-13-11/h3-6,9,14H,2,7H2,1H3/t9-/m0/s1. The fourth-order valence-corrected chi connectivity index (χ4v) is 1.25. The van der Waals surface area contributed by atoms with Gasteiger partial charge < -0.3 is 9.84 Å². The Bertz CT molecular complexity index is 361. The zero-order chi connectivity index (χ0) is 11.1. The number of azide groups is 1. The van der Waals surface area contributed by atoms with Crippen LogP contribution in [0.2, 0.25) is 0 Å².